The highest BCUT2D eigenvalue weighted by atomic mass is 35.5. The zero-order valence-electron chi connectivity index (χ0n) is 17.7. The number of amides is 1. The molecule has 0 radical (unpaired) electrons. The normalized spacial score (nSPS) is 10.7. The number of hydrogen-bond donors (Lipinski definition) is 1. The Morgan fingerprint density at radius 2 is 1.94 bits per heavy atom. The molecule has 0 fully saturated rings. The fourth-order valence-corrected chi connectivity index (χ4v) is 4.31. The molecule has 2 heterocycles. The first-order valence-electron chi connectivity index (χ1n) is 9.92. The lowest BCUT2D eigenvalue weighted by Gasteiger charge is -2.12. The van der Waals surface area contributed by atoms with Gasteiger partial charge in [0.1, 0.15) is 23.1 Å². The average Bonchev–Trinajstić information content (AvgIpc) is 3.47. The van der Waals surface area contributed by atoms with E-state index in [1.54, 1.807) is 14.2 Å². The highest BCUT2D eigenvalue weighted by Crippen LogP contribution is 2.30. The molecule has 1 N–H and O–H groups in total. The maximum absolute atomic E-state index is 12.6. The molecule has 0 saturated carbocycles. The van der Waals surface area contributed by atoms with Crippen LogP contribution in [0, 0.1) is 0 Å². The number of thiazole rings is 1. The molecule has 0 bridgehead atoms. The van der Waals surface area contributed by atoms with Gasteiger partial charge in [0.05, 0.1) is 25.6 Å². The first-order valence-corrected chi connectivity index (χ1v) is 11.2. The Bertz CT molecular complexity index is 1220. The highest BCUT2D eigenvalue weighted by molar-refractivity contribution is 7.13. The van der Waals surface area contributed by atoms with Crippen LogP contribution in [0.2, 0.25) is 5.02 Å². The van der Waals surface area contributed by atoms with Gasteiger partial charge in [-0.2, -0.15) is 0 Å². The molecular formula is C24H22ClN3O3S. The maximum atomic E-state index is 12.6. The van der Waals surface area contributed by atoms with Crippen molar-refractivity contribution < 1.29 is 14.3 Å². The van der Waals surface area contributed by atoms with Crippen LogP contribution in [0.25, 0.3) is 22.0 Å². The molecule has 8 heteroatoms. The van der Waals surface area contributed by atoms with E-state index in [1.165, 1.54) is 11.3 Å². The molecule has 164 valence electrons. The molecule has 0 saturated heterocycles. The summed E-state index contributed by atoms with van der Waals surface area (Å²) in [4.78, 5) is 17.4. The van der Waals surface area contributed by atoms with Crippen LogP contribution in [0.3, 0.4) is 0 Å². The average molecular weight is 468 g/mol. The Balaban J connectivity index is 1.44. The van der Waals surface area contributed by atoms with Gasteiger partial charge in [-0.05, 0) is 42.5 Å². The van der Waals surface area contributed by atoms with Crippen molar-refractivity contribution in [2.45, 2.75) is 13.1 Å². The van der Waals surface area contributed by atoms with Crippen LogP contribution < -0.4 is 14.8 Å². The molecule has 0 unspecified atom stereocenters. The molecule has 2 aromatic carbocycles. The maximum Gasteiger partial charge on any atom is 0.240 e. The smallest absolute Gasteiger partial charge is 0.240 e. The summed E-state index contributed by atoms with van der Waals surface area (Å²) in [6.07, 6.45) is 1.88. The standard InChI is InChI=1S/C24H22ClN3O3S/c1-30-19-9-10-22(31-2)17(12-19)13-26-23(29)14-28-11-3-4-21(28)24-27-20(15-32-24)16-5-7-18(25)8-6-16/h3-12,15H,13-14H2,1-2H3,(H,26,29). The molecular weight excluding hydrogens is 446 g/mol. The molecule has 0 aliphatic carbocycles. The second-order valence-corrected chi connectivity index (χ2v) is 8.32. The number of benzene rings is 2. The number of carbonyl (C=O) groups is 1. The monoisotopic (exact) mass is 467 g/mol. The Kier molecular flexibility index (Phi) is 6.78. The fourth-order valence-electron chi connectivity index (χ4n) is 3.32. The molecule has 0 aliphatic rings. The first kappa shape index (κ1) is 21.9. The Hall–Kier alpha value is -3.29. The molecule has 0 atom stereocenters. The minimum atomic E-state index is -0.109. The number of carbonyl (C=O) groups excluding carboxylic acids is 1. The number of nitrogens with zero attached hydrogens (tertiary/aromatic N) is 2. The molecule has 1 amide bonds. The van der Waals surface area contributed by atoms with E-state index in [4.69, 9.17) is 26.1 Å². The molecule has 0 aliphatic heterocycles. The summed E-state index contributed by atoms with van der Waals surface area (Å²) < 4.78 is 12.5. The van der Waals surface area contributed by atoms with Crippen LogP contribution in [0.15, 0.2) is 66.2 Å². The topological polar surface area (TPSA) is 65.4 Å². The van der Waals surface area contributed by atoms with Gasteiger partial charge in [0.15, 0.2) is 0 Å². The van der Waals surface area contributed by atoms with Crippen molar-refractivity contribution >= 4 is 28.8 Å². The molecule has 4 aromatic rings. The van der Waals surface area contributed by atoms with E-state index in [2.05, 4.69) is 5.32 Å². The van der Waals surface area contributed by atoms with Crippen LogP contribution in [-0.4, -0.2) is 29.7 Å². The Morgan fingerprint density at radius 3 is 2.69 bits per heavy atom. The largest absolute Gasteiger partial charge is 0.497 e. The van der Waals surface area contributed by atoms with Gasteiger partial charge < -0.3 is 19.4 Å². The number of nitrogens with one attached hydrogen (secondary N) is 1. The Labute approximate surface area is 195 Å². The van der Waals surface area contributed by atoms with Crippen LogP contribution in [0.5, 0.6) is 11.5 Å². The summed E-state index contributed by atoms with van der Waals surface area (Å²) in [5.41, 5.74) is 3.62. The van der Waals surface area contributed by atoms with E-state index in [-0.39, 0.29) is 12.5 Å². The van der Waals surface area contributed by atoms with Gasteiger partial charge in [-0.15, -0.1) is 11.3 Å². The van der Waals surface area contributed by atoms with Gasteiger partial charge in [-0.3, -0.25) is 4.79 Å². The third-order valence-corrected chi connectivity index (χ3v) is 6.09. The third kappa shape index (κ3) is 4.95. The summed E-state index contributed by atoms with van der Waals surface area (Å²) >= 11 is 7.52. The third-order valence-electron chi connectivity index (χ3n) is 4.97. The quantitative estimate of drug-likeness (QED) is 0.383. The van der Waals surface area contributed by atoms with Crippen LogP contribution in [-0.2, 0) is 17.9 Å². The van der Waals surface area contributed by atoms with Gasteiger partial charge in [-0.1, -0.05) is 23.7 Å². The zero-order chi connectivity index (χ0) is 22.5. The lowest BCUT2D eigenvalue weighted by atomic mass is 10.2. The first-order chi connectivity index (χ1) is 15.6. The number of hydrogen-bond acceptors (Lipinski definition) is 5. The van der Waals surface area contributed by atoms with E-state index in [1.807, 2.05) is 70.7 Å². The molecule has 32 heavy (non-hydrogen) atoms. The van der Waals surface area contributed by atoms with Crippen molar-refractivity contribution in [3.63, 3.8) is 0 Å². The number of halogens is 1. The van der Waals surface area contributed by atoms with E-state index >= 15 is 0 Å². The summed E-state index contributed by atoms with van der Waals surface area (Å²) in [5, 5.41) is 6.50. The summed E-state index contributed by atoms with van der Waals surface area (Å²) in [7, 11) is 3.21. The Morgan fingerprint density at radius 1 is 1.12 bits per heavy atom. The van der Waals surface area contributed by atoms with E-state index in [0.29, 0.717) is 23.1 Å². The van der Waals surface area contributed by atoms with Crippen LogP contribution >= 0.6 is 22.9 Å². The molecule has 0 spiro atoms. The number of aromatic nitrogens is 2. The molecule has 4 rings (SSSR count). The number of rotatable bonds is 8. The van der Waals surface area contributed by atoms with Crippen LogP contribution in [0.4, 0.5) is 0 Å². The van der Waals surface area contributed by atoms with Crippen LogP contribution in [0.1, 0.15) is 5.56 Å². The van der Waals surface area contributed by atoms with E-state index < -0.39 is 0 Å². The predicted octanol–water partition coefficient (Wildman–Crippen LogP) is 5.27. The van der Waals surface area contributed by atoms with E-state index in [9.17, 15) is 4.79 Å². The van der Waals surface area contributed by atoms with Gasteiger partial charge in [0, 0.05) is 34.3 Å². The fraction of sp³-hybridized carbons (Fsp3) is 0.167. The lowest BCUT2D eigenvalue weighted by molar-refractivity contribution is -0.121. The second kappa shape index (κ2) is 9.89. The molecule has 2 aromatic heterocycles. The lowest BCUT2D eigenvalue weighted by Crippen LogP contribution is -2.27. The number of methoxy groups -OCH3 is 2. The minimum absolute atomic E-state index is 0.109. The minimum Gasteiger partial charge on any atom is -0.497 e. The molecule has 6 nitrogen and oxygen atoms in total. The van der Waals surface area contributed by atoms with Crippen molar-refractivity contribution in [2.24, 2.45) is 0 Å². The van der Waals surface area contributed by atoms with Crippen molar-refractivity contribution in [2.75, 3.05) is 14.2 Å². The summed E-state index contributed by atoms with van der Waals surface area (Å²) in [6, 6.07) is 17.0. The second-order valence-electron chi connectivity index (χ2n) is 7.02. The highest BCUT2D eigenvalue weighted by Gasteiger charge is 2.13. The van der Waals surface area contributed by atoms with Gasteiger partial charge in [0.2, 0.25) is 5.91 Å². The number of ether oxygens (including phenoxy) is 2. The van der Waals surface area contributed by atoms with Gasteiger partial charge in [-0.25, -0.2) is 4.98 Å². The van der Waals surface area contributed by atoms with Crippen molar-refractivity contribution in [1.82, 2.24) is 14.9 Å². The van der Waals surface area contributed by atoms with Crippen molar-refractivity contribution in [1.29, 1.82) is 0 Å². The van der Waals surface area contributed by atoms with Gasteiger partial charge in [0.25, 0.3) is 0 Å². The van der Waals surface area contributed by atoms with Crippen molar-refractivity contribution in [3.05, 3.63) is 76.8 Å². The SMILES string of the molecule is COc1ccc(OC)c(CNC(=O)Cn2cccc2-c2nc(-c3ccc(Cl)cc3)cs2)c1. The van der Waals surface area contributed by atoms with E-state index in [0.717, 1.165) is 27.5 Å². The summed E-state index contributed by atoms with van der Waals surface area (Å²) in [5.74, 6) is 1.30. The predicted molar refractivity (Wildman–Crippen MR) is 127 cm³/mol. The van der Waals surface area contributed by atoms with Gasteiger partial charge >= 0.3 is 0 Å². The summed E-state index contributed by atoms with van der Waals surface area (Å²) in [6.45, 7) is 0.526. The van der Waals surface area contributed by atoms with Crippen molar-refractivity contribution in [3.8, 4) is 33.5 Å². The zero-order valence-corrected chi connectivity index (χ0v) is 19.2.